The molecule has 0 aliphatic carbocycles. The number of halogens is 1. The molecule has 0 unspecified atom stereocenters. The van der Waals surface area contributed by atoms with Crippen molar-refractivity contribution in [1.29, 1.82) is 0 Å². The van der Waals surface area contributed by atoms with E-state index in [0.717, 1.165) is 0 Å². The van der Waals surface area contributed by atoms with E-state index in [-0.39, 0.29) is 23.5 Å². The Hall–Kier alpha value is -1.53. The summed E-state index contributed by atoms with van der Waals surface area (Å²) in [4.78, 5) is 0. The summed E-state index contributed by atoms with van der Waals surface area (Å²) >= 11 is 5.55. The van der Waals surface area contributed by atoms with Crippen LogP contribution in [0, 0.1) is 0 Å². The zero-order valence-electron chi connectivity index (χ0n) is 6.88. The minimum atomic E-state index is -0.298. The first-order chi connectivity index (χ1) is 6.79. The van der Waals surface area contributed by atoms with E-state index in [1.807, 2.05) is 0 Å². The molecule has 0 saturated carbocycles. The number of hydrogen-bond acceptors (Lipinski definition) is 6. The minimum absolute atomic E-state index is 0.136. The molecule has 7 heteroatoms. The van der Waals surface area contributed by atoms with Crippen molar-refractivity contribution in [3.63, 3.8) is 0 Å². The zero-order valence-corrected chi connectivity index (χ0v) is 7.64. The van der Waals surface area contributed by atoms with E-state index in [2.05, 4.69) is 20.4 Å². The fourth-order valence-electron chi connectivity index (χ4n) is 0.851. The summed E-state index contributed by atoms with van der Waals surface area (Å²) < 4.78 is 5.04. The smallest absolute Gasteiger partial charge is 0.268 e. The number of aliphatic hydroxyl groups excluding tert-OH is 1. The van der Waals surface area contributed by atoms with Crippen molar-refractivity contribution in [3.8, 4) is 11.6 Å². The summed E-state index contributed by atoms with van der Waals surface area (Å²) in [5.74, 6) is 0.343. The molecule has 2 rings (SSSR count). The molecule has 0 aromatic carbocycles. The van der Waals surface area contributed by atoms with Crippen LogP contribution in [-0.4, -0.2) is 25.5 Å². The van der Waals surface area contributed by atoms with Crippen LogP contribution < -0.4 is 0 Å². The van der Waals surface area contributed by atoms with E-state index < -0.39 is 0 Å². The highest BCUT2D eigenvalue weighted by Gasteiger charge is 2.09. The second-order valence-corrected chi connectivity index (χ2v) is 2.79. The molecular weight excluding hydrogens is 208 g/mol. The molecule has 2 aromatic rings. The van der Waals surface area contributed by atoms with E-state index in [1.54, 1.807) is 12.1 Å². The van der Waals surface area contributed by atoms with Gasteiger partial charge in [0.05, 0.1) is 0 Å². The maximum Gasteiger partial charge on any atom is 0.268 e. The van der Waals surface area contributed by atoms with E-state index in [9.17, 15) is 0 Å². The maximum atomic E-state index is 8.69. The Bertz CT molecular complexity index is 428. The van der Waals surface area contributed by atoms with E-state index in [1.165, 1.54) is 0 Å². The maximum absolute atomic E-state index is 8.69. The monoisotopic (exact) mass is 212 g/mol. The molecule has 0 spiro atoms. The highest BCUT2D eigenvalue weighted by molar-refractivity contribution is 6.29. The fourth-order valence-corrected chi connectivity index (χ4v) is 0.952. The second kappa shape index (κ2) is 3.69. The van der Waals surface area contributed by atoms with Gasteiger partial charge in [-0.15, -0.1) is 20.4 Å². The number of nitrogens with zero attached hydrogens (tertiary/aromatic N) is 4. The first-order valence-electron chi connectivity index (χ1n) is 3.72. The molecule has 0 amide bonds. The first kappa shape index (κ1) is 9.04. The molecule has 14 heavy (non-hydrogen) atoms. The Morgan fingerprint density at radius 2 is 2.07 bits per heavy atom. The lowest BCUT2D eigenvalue weighted by Crippen LogP contribution is -1.86. The third-order valence-electron chi connectivity index (χ3n) is 1.45. The molecule has 2 heterocycles. The van der Waals surface area contributed by atoms with Gasteiger partial charge < -0.3 is 9.52 Å². The largest absolute Gasteiger partial charge is 0.417 e. The van der Waals surface area contributed by atoms with E-state index in [0.29, 0.717) is 5.69 Å². The van der Waals surface area contributed by atoms with Crippen molar-refractivity contribution in [3.05, 3.63) is 23.2 Å². The molecular formula is C7H5ClN4O2. The first-order valence-corrected chi connectivity index (χ1v) is 4.10. The molecule has 6 nitrogen and oxygen atoms in total. The Kier molecular flexibility index (Phi) is 2.38. The van der Waals surface area contributed by atoms with Gasteiger partial charge in [-0.05, 0) is 12.1 Å². The normalized spacial score (nSPS) is 10.4. The quantitative estimate of drug-likeness (QED) is 0.788. The molecule has 0 bridgehead atoms. The van der Waals surface area contributed by atoms with Crippen LogP contribution in [0.15, 0.2) is 16.5 Å². The standard InChI is InChI=1S/C7H5ClN4O2/c8-5-2-1-4(9-10-5)7-12-11-6(3-13)14-7/h1-2,13H,3H2. The third kappa shape index (κ3) is 1.70. The highest BCUT2D eigenvalue weighted by atomic mass is 35.5. The molecule has 1 N–H and O–H groups in total. The van der Waals surface area contributed by atoms with Crippen LogP contribution >= 0.6 is 11.6 Å². The van der Waals surface area contributed by atoms with Crippen LogP contribution in [0.2, 0.25) is 5.15 Å². The van der Waals surface area contributed by atoms with Crippen LogP contribution in [0.3, 0.4) is 0 Å². The highest BCUT2D eigenvalue weighted by Crippen LogP contribution is 2.15. The SMILES string of the molecule is OCc1nnc(-c2ccc(Cl)nn2)o1. The Balaban J connectivity index is 2.34. The summed E-state index contributed by atoms with van der Waals surface area (Å²) in [6, 6.07) is 3.16. The van der Waals surface area contributed by atoms with Gasteiger partial charge in [-0.2, -0.15) is 0 Å². The summed E-state index contributed by atoms with van der Waals surface area (Å²) in [5.41, 5.74) is 0.418. The summed E-state index contributed by atoms with van der Waals surface area (Å²) in [5, 5.41) is 23.6. The van der Waals surface area contributed by atoms with Gasteiger partial charge in [-0.1, -0.05) is 11.6 Å². The van der Waals surface area contributed by atoms with Gasteiger partial charge in [-0.3, -0.25) is 0 Å². The Labute approximate surface area is 83.6 Å². The van der Waals surface area contributed by atoms with Crippen molar-refractivity contribution in [1.82, 2.24) is 20.4 Å². The van der Waals surface area contributed by atoms with Gasteiger partial charge in [0.2, 0.25) is 5.89 Å². The van der Waals surface area contributed by atoms with Crippen molar-refractivity contribution in [2.24, 2.45) is 0 Å². The number of aromatic nitrogens is 4. The number of hydrogen-bond donors (Lipinski definition) is 1. The van der Waals surface area contributed by atoms with Crippen molar-refractivity contribution in [2.75, 3.05) is 0 Å². The average Bonchev–Trinajstić information content (AvgIpc) is 2.67. The van der Waals surface area contributed by atoms with Gasteiger partial charge >= 0.3 is 0 Å². The molecule has 0 radical (unpaired) electrons. The molecule has 2 aromatic heterocycles. The third-order valence-corrected chi connectivity index (χ3v) is 1.65. The summed E-state index contributed by atoms with van der Waals surface area (Å²) in [6.07, 6.45) is 0. The van der Waals surface area contributed by atoms with Gasteiger partial charge in [0, 0.05) is 0 Å². The fraction of sp³-hybridized carbons (Fsp3) is 0.143. The van der Waals surface area contributed by atoms with Crippen molar-refractivity contribution >= 4 is 11.6 Å². The molecule has 0 atom stereocenters. The van der Waals surface area contributed by atoms with Gasteiger partial charge in [0.25, 0.3) is 5.89 Å². The van der Waals surface area contributed by atoms with Crippen molar-refractivity contribution < 1.29 is 9.52 Å². The lowest BCUT2D eigenvalue weighted by molar-refractivity contribution is 0.241. The molecule has 72 valence electrons. The van der Waals surface area contributed by atoms with Crippen LogP contribution in [0.5, 0.6) is 0 Å². The van der Waals surface area contributed by atoms with Crippen LogP contribution in [0.25, 0.3) is 11.6 Å². The lowest BCUT2D eigenvalue weighted by Gasteiger charge is -1.91. The predicted octanol–water partition coefficient (Wildman–Crippen LogP) is 0.672. The van der Waals surface area contributed by atoms with Gasteiger partial charge in [0.1, 0.15) is 12.3 Å². The van der Waals surface area contributed by atoms with Gasteiger partial charge in [-0.25, -0.2) is 0 Å². The molecule has 0 aliphatic heterocycles. The lowest BCUT2D eigenvalue weighted by atomic mass is 10.4. The summed E-state index contributed by atoms with van der Waals surface area (Å²) in [6.45, 7) is -0.298. The number of rotatable bonds is 2. The molecule has 0 aliphatic rings. The zero-order chi connectivity index (χ0) is 9.97. The van der Waals surface area contributed by atoms with Crippen LogP contribution in [0.4, 0.5) is 0 Å². The predicted molar refractivity (Wildman–Crippen MR) is 46.3 cm³/mol. The van der Waals surface area contributed by atoms with E-state index in [4.69, 9.17) is 21.1 Å². The topological polar surface area (TPSA) is 84.9 Å². The summed E-state index contributed by atoms with van der Waals surface area (Å²) in [7, 11) is 0. The average molecular weight is 213 g/mol. The molecule has 0 saturated heterocycles. The minimum Gasteiger partial charge on any atom is -0.417 e. The number of aliphatic hydroxyl groups is 1. The van der Waals surface area contributed by atoms with Gasteiger partial charge in [0.15, 0.2) is 5.15 Å². The second-order valence-electron chi connectivity index (χ2n) is 2.40. The Morgan fingerprint density at radius 1 is 1.21 bits per heavy atom. The van der Waals surface area contributed by atoms with E-state index >= 15 is 0 Å². The molecule has 0 fully saturated rings. The van der Waals surface area contributed by atoms with Crippen LogP contribution in [0.1, 0.15) is 5.89 Å². The Morgan fingerprint density at radius 3 is 2.64 bits per heavy atom. The van der Waals surface area contributed by atoms with Crippen molar-refractivity contribution in [2.45, 2.75) is 6.61 Å². The van der Waals surface area contributed by atoms with Crippen LogP contribution in [-0.2, 0) is 6.61 Å².